The largest absolute Gasteiger partial charge is 0.347 e. The van der Waals surface area contributed by atoms with Crippen LogP contribution in [0.15, 0.2) is 12.7 Å². The minimum Gasteiger partial charge on any atom is -0.308 e. The zero-order valence-corrected chi connectivity index (χ0v) is 10.0. The maximum Gasteiger partial charge on any atom is 0.347 e. The van der Waals surface area contributed by atoms with Gasteiger partial charge in [0.2, 0.25) is 0 Å². The molecule has 14 heavy (non-hydrogen) atoms. The average molecular weight is 221 g/mol. The van der Waals surface area contributed by atoms with E-state index in [1.165, 1.54) is 0 Å². The van der Waals surface area contributed by atoms with Gasteiger partial charge in [-0.2, -0.15) is 0 Å². The molecule has 0 aromatic rings. The number of rotatable bonds is 8. The third-order valence-corrected chi connectivity index (χ3v) is 4.02. The molecule has 0 saturated carbocycles. The van der Waals surface area contributed by atoms with E-state index >= 15 is 0 Å². The molecule has 1 atom stereocenters. The zero-order valence-electron chi connectivity index (χ0n) is 9.16. The van der Waals surface area contributed by atoms with E-state index in [0.29, 0.717) is 19.8 Å². The molecule has 84 valence electrons. The average Bonchev–Trinajstić information content (AvgIpc) is 2.15. The molecule has 0 aliphatic carbocycles. The summed E-state index contributed by atoms with van der Waals surface area (Å²) in [5.41, 5.74) is 0. The van der Waals surface area contributed by atoms with Crippen LogP contribution in [0.1, 0.15) is 20.8 Å². The predicted octanol–water partition coefficient (Wildman–Crippen LogP) is 2.37. The molecule has 5 heteroatoms. The van der Waals surface area contributed by atoms with Crippen molar-refractivity contribution in [2.45, 2.75) is 26.6 Å². The lowest BCUT2D eigenvalue weighted by Gasteiger charge is -2.23. The number of nitrogens with one attached hydrogen (secondary N) is 1. The summed E-state index contributed by atoms with van der Waals surface area (Å²) in [6, 6.07) is 0. The van der Waals surface area contributed by atoms with Crippen molar-refractivity contribution in [3.63, 3.8) is 0 Å². The molecule has 0 bridgehead atoms. The normalized spacial score (nSPS) is 13.9. The molecule has 0 aromatic heterocycles. The molecule has 0 aromatic carbocycles. The van der Waals surface area contributed by atoms with Gasteiger partial charge < -0.3 is 14.4 Å². The highest BCUT2D eigenvalue weighted by molar-refractivity contribution is 7.54. The molecule has 1 N–H and O–H groups in total. The Labute approximate surface area is 86.2 Å². The molecule has 0 aliphatic rings. The Morgan fingerprint density at radius 1 is 1.43 bits per heavy atom. The maximum atomic E-state index is 12.1. The lowest BCUT2D eigenvalue weighted by atomic mass is 10.6. The molecule has 0 amide bonds. The maximum absolute atomic E-state index is 12.1. The van der Waals surface area contributed by atoms with Crippen molar-refractivity contribution in [3.05, 3.63) is 12.7 Å². The molecule has 0 fully saturated rings. The summed E-state index contributed by atoms with van der Waals surface area (Å²) in [6.07, 6.45) is 1.71. The Morgan fingerprint density at radius 3 is 2.29 bits per heavy atom. The Kier molecular flexibility index (Phi) is 7.11. The van der Waals surface area contributed by atoms with Gasteiger partial charge in [-0.05, 0) is 20.8 Å². The van der Waals surface area contributed by atoms with Gasteiger partial charge in [-0.25, -0.2) is 0 Å². The standard InChI is InChI=1S/C9H20NO3P/c1-5-8-10-9(4)14(11,12-6-2)13-7-3/h5,9-10H,1,6-8H2,2-4H3. The van der Waals surface area contributed by atoms with Gasteiger partial charge in [0, 0.05) is 6.54 Å². The van der Waals surface area contributed by atoms with Crippen LogP contribution in [0.25, 0.3) is 0 Å². The first-order valence-electron chi connectivity index (χ1n) is 4.83. The monoisotopic (exact) mass is 221 g/mol. The molecule has 0 saturated heterocycles. The van der Waals surface area contributed by atoms with Crippen molar-refractivity contribution < 1.29 is 13.6 Å². The van der Waals surface area contributed by atoms with Crippen LogP contribution in [0.4, 0.5) is 0 Å². The molecule has 0 aliphatic heterocycles. The van der Waals surface area contributed by atoms with Crippen LogP contribution in [-0.4, -0.2) is 25.5 Å². The number of hydrogen-bond donors (Lipinski definition) is 1. The molecular formula is C9H20NO3P. The Morgan fingerprint density at radius 2 is 1.93 bits per heavy atom. The fourth-order valence-corrected chi connectivity index (χ4v) is 2.56. The fourth-order valence-electron chi connectivity index (χ4n) is 0.986. The van der Waals surface area contributed by atoms with Gasteiger partial charge in [0.1, 0.15) is 5.78 Å². The molecule has 0 heterocycles. The topological polar surface area (TPSA) is 47.6 Å². The van der Waals surface area contributed by atoms with E-state index in [2.05, 4.69) is 11.9 Å². The molecule has 1 unspecified atom stereocenters. The van der Waals surface area contributed by atoms with Crippen LogP contribution in [0.3, 0.4) is 0 Å². The summed E-state index contributed by atoms with van der Waals surface area (Å²) in [4.78, 5) is 0. The highest BCUT2D eigenvalue weighted by Gasteiger charge is 2.30. The van der Waals surface area contributed by atoms with E-state index < -0.39 is 7.60 Å². The Balaban J connectivity index is 4.30. The first kappa shape index (κ1) is 13.8. The van der Waals surface area contributed by atoms with Gasteiger partial charge in [-0.15, -0.1) is 6.58 Å². The Bertz CT molecular complexity index is 198. The third kappa shape index (κ3) is 4.38. The van der Waals surface area contributed by atoms with Crippen molar-refractivity contribution in [1.82, 2.24) is 5.32 Å². The summed E-state index contributed by atoms with van der Waals surface area (Å²) >= 11 is 0. The summed E-state index contributed by atoms with van der Waals surface area (Å²) in [7, 11) is -3.00. The van der Waals surface area contributed by atoms with Crippen LogP contribution in [0, 0.1) is 0 Å². The van der Waals surface area contributed by atoms with Crippen LogP contribution in [0.2, 0.25) is 0 Å². The van der Waals surface area contributed by atoms with E-state index in [4.69, 9.17) is 9.05 Å². The van der Waals surface area contributed by atoms with E-state index in [1.807, 2.05) is 0 Å². The lowest BCUT2D eigenvalue weighted by molar-refractivity contribution is 0.210. The van der Waals surface area contributed by atoms with Gasteiger partial charge in [0.25, 0.3) is 0 Å². The van der Waals surface area contributed by atoms with E-state index in [9.17, 15) is 4.57 Å². The second-order valence-corrected chi connectivity index (χ2v) is 5.12. The van der Waals surface area contributed by atoms with Crippen LogP contribution >= 0.6 is 7.60 Å². The minimum atomic E-state index is -3.00. The smallest absolute Gasteiger partial charge is 0.308 e. The highest BCUT2D eigenvalue weighted by atomic mass is 31.2. The minimum absolute atomic E-state index is 0.305. The Hall–Kier alpha value is -0.150. The van der Waals surface area contributed by atoms with Crippen LogP contribution in [0.5, 0.6) is 0 Å². The van der Waals surface area contributed by atoms with Crippen molar-refractivity contribution >= 4 is 7.60 Å². The summed E-state index contributed by atoms with van der Waals surface area (Å²) in [5.74, 6) is -0.305. The quantitative estimate of drug-likeness (QED) is 0.505. The summed E-state index contributed by atoms with van der Waals surface area (Å²) in [5, 5.41) is 3.01. The first-order valence-corrected chi connectivity index (χ1v) is 6.45. The first-order chi connectivity index (χ1) is 6.60. The predicted molar refractivity (Wildman–Crippen MR) is 58.5 cm³/mol. The van der Waals surface area contributed by atoms with Crippen molar-refractivity contribution in [1.29, 1.82) is 0 Å². The fraction of sp³-hybridized carbons (Fsp3) is 0.778. The molecule has 0 spiro atoms. The lowest BCUT2D eigenvalue weighted by Crippen LogP contribution is -2.27. The van der Waals surface area contributed by atoms with E-state index in [0.717, 1.165) is 0 Å². The molecule has 0 radical (unpaired) electrons. The third-order valence-electron chi connectivity index (χ3n) is 1.65. The van der Waals surface area contributed by atoms with Crippen molar-refractivity contribution in [2.24, 2.45) is 0 Å². The van der Waals surface area contributed by atoms with E-state index in [-0.39, 0.29) is 5.78 Å². The van der Waals surface area contributed by atoms with Gasteiger partial charge in [-0.1, -0.05) is 6.08 Å². The van der Waals surface area contributed by atoms with Crippen molar-refractivity contribution in [3.8, 4) is 0 Å². The van der Waals surface area contributed by atoms with Gasteiger partial charge in [0.15, 0.2) is 0 Å². The van der Waals surface area contributed by atoms with Crippen LogP contribution < -0.4 is 5.32 Å². The van der Waals surface area contributed by atoms with Gasteiger partial charge in [-0.3, -0.25) is 4.57 Å². The molecule has 4 nitrogen and oxygen atoms in total. The molecular weight excluding hydrogens is 201 g/mol. The SMILES string of the molecule is C=CCNC(C)P(=O)(OCC)OCC. The summed E-state index contributed by atoms with van der Waals surface area (Å²) < 4.78 is 22.4. The van der Waals surface area contributed by atoms with E-state index in [1.54, 1.807) is 26.8 Å². The second-order valence-electron chi connectivity index (χ2n) is 2.75. The summed E-state index contributed by atoms with van der Waals surface area (Å²) in [6.45, 7) is 10.3. The highest BCUT2D eigenvalue weighted by Crippen LogP contribution is 2.51. The van der Waals surface area contributed by atoms with Crippen molar-refractivity contribution in [2.75, 3.05) is 19.8 Å². The van der Waals surface area contributed by atoms with Gasteiger partial charge in [0.05, 0.1) is 13.2 Å². The number of hydrogen-bond acceptors (Lipinski definition) is 4. The molecule has 0 rings (SSSR count). The van der Waals surface area contributed by atoms with Crippen LogP contribution in [-0.2, 0) is 13.6 Å². The second kappa shape index (κ2) is 7.18. The van der Waals surface area contributed by atoms with Gasteiger partial charge >= 0.3 is 7.60 Å². The zero-order chi connectivity index (χ0) is 11.0.